The van der Waals surface area contributed by atoms with E-state index in [-0.39, 0.29) is 23.3 Å². The Kier molecular flexibility index (Phi) is 4.79. The third-order valence-corrected chi connectivity index (χ3v) is 3.67. The summed E-state index contributed by atoms with van der Waals surface area (Å²) in [6.07, 6.45) is -2.85. The lowest BCUT2D eigenvalue weighted by Gasteiger charge is -2.14. The van der Waals surface area contributed by atoms with Crippen LogP contribution in [0.5, 0.6) is 5.75 Å². The molecule has 2 aromatic carbocycles. The van der Waals surface area contributed by atoms with Crippen molar-refractivity contribution in [1.82, 2.24) is 10.1 Å². The predicted octanol–water partition coefficient (Wildman–Crippen LogP) is 5.44. The Balaban J connectivity index is 1.97. The van der Waals surface area contributed by atoms with E-state index in [1.807, 2.05) is 31.2 Å². The normalized spacial score (nSPS) is 11.3. The molecule has 0 bridgehead atoms. The fourth-order valence-corrected chi connectivity index (χ4v) is 2.49. The number of ether oxygens (including phenoxy) is 1. The first-order valence-electron chi connectivity index (χ1n) is 7.94. The molecule has 6 heteroatoms. The van der Waals surface area contributed by atoms with Crippen molar-refractivity contribution in [2.45, 2.75) is 33.3 Å². The second-order valence-electron chi connectivity index (χ2n) is 5.96. The molecule has 0 unspecified atom stereocenters. The molecule has 0 atom stereocenters. The van der Waals surface area contributed by atoms with Gasteiger partial charge in [-0.3, -0.25) is 0 Å². The largest absolute Gasteiger partial charge is 0.491 e. The van der Waals surface area contributed by atoms with Crippen LogP contribution in [0.15, 0.2) is 47.0 Å². The van der Waals surface area contributed by atoms with Gasteiger partial charge in [0.1, 0.15) is 5.75 Å². The second kappa shape index (κ2) is 7.01. The summed E-state index contributed by atoms with van der Waals surface area (Å²) in [6, 6.07) is 12.1. The number of hydrogen-bond acceptors (Lipinski definition) is 4. The van der Waals surface area contributed by atoms with Crippen LogP contribution in [-0.4, -0.2) is 16.2 Å². The molecule has 130 valence electrons. The van der Waals surface area contributed by atoms with Gasteiger partial charge in [-0.2, -0.15) is 4.98 Å². The van der Waals surface area contributed by atoms with Gasteiger partial charge < -0.3 is 9.26 Å². The summed E-state index contributed by atoms with van der Waals surface area (Å²) in [5.41, 5.74) is 2.08. The Hall–Kier alpha value is -2.76. The smallest absolute Gasteiger partial charge is 0.267 e. The molecule has 0 saturated heterocycles. The van der Waals surface area contributed by atoms with Gasteiger partial charge in [0.2, 0.25) is 5.82 Å². The van der Waals surface area contributed by atoms with Gasteiger partial charge in [0.25, 0.3) is 12.3 Å². The van der Waals surface area contributed by atoms with Crippen LogP contribution in [0, 0.1) is 6.92 Å². The fourth-order valence-electron chi connectivity index (χ4n) is 2.49. The van der Waals surface area contributed by atoms with Gasteiger partial charge in [-0.25, -0.2) is 8.78 Å². The molecule has 0 aliphatic rings. The van der Waals surface area contributed by atoms with Gasteiger partial charge >= 0.3 is 0 Å². The highest BCUT2D eigenvalue weighted by molar-refractivity contribution is 5.63. The standard InChI is InChI=1S/C19H18F2N2O2/c1-11(2)24-16-9-8-13(10-15(16)17(20)21)19-22-18(23-25-19)14-7-5-4-6-12(14)3/h4-11,17H,1-3H3. The Labute approximate surface area is 144 Å². The van der Waals surface area contributed by atoms with E-state index < -0.39 is 6.43 Å². The maximum absolute atomic E-state index is 13.4. The number of alkyl halides is 2. The van der Waals surface area contributed by atoms with Gasteiger partial charge in [-0.05, 0) is 44.5 Å². The number of aromatic nitrogens is 2. The van der Waals surface area contributed by atoms with E-state index in [1.54, 1.807) is 19.9 Å². The number of benzene rings is 2. The molecule has 0 fully saturated rings. The lowest BCUT2D eigenvalue weighted by molar-refractivity contribution is 0.141. The number of aryl methyl sites for hydroxylation is 1. The molecule has 0 radical (unpaired) electrons. The van der Waals surface area contributed by atoms with Crippen molar-refractivity contribution >= 4 is 0 Å². The quantitative estimate of drug-likeness (QED) is 0.618. The monoisotopic (exact) mass is 344 g/mol. The molecule has 0 N–H and O–H groups in total. The first kappa shape index (κ1) is 17.1. The van der Waals surface area contributed by atoms with Crippen molar-refractivity contribution in [3.63, 3.8) is 0 Å². The second-order valence-corrected chi connectivity index (χ2v) is 5.96. The van der Waals surface area contributed by atoms with Crippen LogP contribution >= 0.6 is 0 Å². The molecule has 0 aliphatic heterocycles. The molecular formula is C19H18F2N2O2. The maximum atomic E-state index is 13.4. The van der Waals surface area contributed by atoms with E-state index in [4.69, 9.17) is 9.26 Å². The van der Waals surface area contributed by atoms with E-state index in [2.05, 4.69) is 10.1 Å². The van der Waals surface area contributed by atoms with Crippen LogP contribution < -0.4 is 4.74 Å². The summed E-state index contributed by atoms with van der Waals surface area (Å²) in [5, 5.41) is 3.96. The van der Waals surface area contributed by atoms with Gasteiger partial charge in [-0.15, -0.1) is 0 Å². The Morgan fingerprint density at radius 1 is 1.08 bits per heavy atom. The number of halogens is 2. The van der Waals surface area contributed by atoms with Gasteiger partial charge in [0.05, 0.1) is 11.7 Å². The Morgan fingerprint density at radius 2 is 1.84 bits per heavy atom. The molecule has 3 rings (SSSR count). The average molecular weight is 344 g/mol. The highest BCUT2D eigenvalue weighted by Crippen LogP contribution is 2.34. The average Bonchev–Trinajstić information content (AvgIpc) is 3.04. The summed E-state index contributed by atoms with van der Waals surface area (Å²) in [5.74, 6) is 0.776. The third-order valence-electron chi connectivity index (χ3n) is 3.67. The summed E-state index contributed by atoms with van der Waals surface area (Å²) < 4.78 is 37.4. The lowest BCUT2D eigenvalue weighted by Crippen LogP contribution is -2.07. The third kappa shape index (κ3) is 3.68. The van der Waals surface area contributed by atoms with Crippen molar-refractivity contribution in [3.05, 3.63) is 53.6 Å². The maximum Gasteiger partial charge on any atom is 0.267 e. The van der Waals surface area contributed by atoms with Crippen LogP contribution in [0.25, 0.3) is 22.8 Å². The van der Waals surface area contributed by atoms with Crippen molar-refractivity contribution in [2.24, 2.45) is 0 Å². The minimum Gasteiger partial charge on any atom is -0.491 e. The lowest BCUT2D eigenvalue weighted by atomic mass is 10.1. The van der Waals surface area contributed by atoms with Gasteiger partial charge in [0, 0.05) is 11.1 Å². The summed E-state index contributed by atoms with van der Waals surface area (Å²) >= 11 is 0. The topological polar surface area (TPSA) is 48.2 Å². The number of nitrogens with zero attached hydrogens (tertiary/aromatic N) is 2. The molecule has 1 heterocycles. The Morgan fingerprint density at radius 3 is 2.52 bits per heavy atom. The van der Waals surface area contributed by atoms with Crippen LogP contribution in [-0.2, 0) is 0 Å². The van der Waals surface area contributed by atoms with E-state index >= 15 is 0 Å². The molecule has 0 amide bonds. The molecule has 4 nitrogen and oxygen atoms in total. The summed E-state index contributed by atoms with van der Waals surface area (Å²) in [4.78, 5) is 4.34. The fraction of sp³-hybridized carbons (Fsp3) is 0.263. The first-order valence-corrected chi connectivity index (χ1v) is 7.94. The van der Waals surface area contributed by atoms with Crippen molar-refractivity contribution in [2.75, 3.05) is 0 Å². The molecule has 3 aromatic rings. The van der Waals surface area contributed by atoms with Gasteiger partial charge in [0.15, 0.2) is 0 Å². The highest BCUT2D eigenvalue weighted by atomic mass is 19.3. The van der Waals surface area contributed by atoms with E-state index in [0.717, 1.165) is 11.1 Å². The SMILES string of the molecule is Cc1ccccc1-c1noc(-c2ccc(OC(C)C)c(C(F)F)c2)n1. The Bertz CT molecular complexity index is 875. The molecule has 0 saturated carbocycles. The molecular weight excluding hydrogens is 326 g/mol. The van der Waals surface area contributed by atoms with E-state index in [0.29, 0.717) is 11.4 Å². The van der Waals surface area contributed by atoms with Gasteiger partial charge in [-0.1, -0.05) is 29.4 Å². The zero-order valence-corrected chi connectivity index (χ0v) is 14.2. The van der Waals surface area contributed by atoms with Crippen LogP contribution in [0.3, 0.4) is 0 Å². The van der Waals surface area contributed by atoms with Crippen molar-refractivity contribution in [1.29, 1.82) is 0 Å². The summed E-state index contributed by atoms with van der Waals surface area (Å²) in [6.45, 7) is 5.52. The zero-order chi connectivity index (χ0) is 18.0. The summed E-state index contributed by atoms with van der Waals surface area (Å²) in [7, 11) is 0. The number of rotatable bonds is 5. The van der Waals surface area contributed by atoms with E-state index in [1.165, 1.54) is 12.1 Å². The molecule has 25 heavy (non-hydrogen) atoms. The zero-order valence-electron chi connectivity index (χ0n) is 14.2. The van der Waals surface area contributed by atoms with E-state index in [9.17, 15) is 8.78 Å². The van der Waals surface area contributed by atoms with Crippen LogP contribution in [0.1, 0.15) is 31.4 Å². The van der Waals surface area contributed by atoms with Crippen LogP contribution in [0.4, 0.5) is 8.78 Å². The molecule has 0 aliphatic carbocycles. The number of hydrogen-bond donors (Lipinski definition) is 0. The predicted molar refractivity (Wildman–Crippen MR) is 90.6 cm³/mol. The first-order chi connectivity index (χ1) is 12.0. The van der Waals surface area contributed by atoms with Crippen molar-refractivity contribution < 1.29 is 18.0 Å². The molecule has 0 spiro atoms. The minimum atomic E-state index is -2.66. The highest BCUT2D eigenvalue weighted by Gasteiger charge is 2.19. The minimum absolute atomic E-state index is 0.160. The molecule has 1 aromatic heterocycles. The van der Waals surface area contributed by atoms with Crippen LogP contribution in [0.2, 0.25) is 0 Å². The van der Waals surface area contributed by atoms with Crippen molar-refractivity contribution in [3.8, 4) is 28.6 Å².